The number of benzene rings is 1. The van der Waals surface area contributed by atoms with Gasteiger partial charge in [0.15, 0.2) is 0 Å². The molecule has 0 radical (unpaired) electrons. The van der Waals surface area contributed by atoms with Gasteiger partial charge in [-0.05, 0) is 24.3 Å². The van der Waals surface area contributed by atoms with Crippen molar-refractivity contribution in [3.8, 4) is 11.3 Å². The predicted molar refractivity (Wildman–Crippen MR) is 50.8 cm³/mol. The van der Waals surface area contributed by atoms with Crippen LogP contribution in [0.25, 0.3) is 11.3 Å². The van der Waals surface area contributed by atoms with E-state index in [0.29, 0.717) is 5.56 Å². The fraction of sp³-hybridized carbons (Fsp3) is 0.0909. The van der Waals surface area contributed by atoms with Gasteiger partial charge in [0.1, 0.15) is 11.6 Å². The quantitative estimate of drug-likeness (QED) is 0.656. The summed E-state index contributed by atoms with van der Waals surface area (Å²) in [5, 5.41) is 0. The number of halogens is 2. The van der Waals surface area contributed by atoms with Crippen LogP contribution in [-0.2, 0) is 7.05 Å². The standard InChI is InChI=1S/C11H9F2N/c1-14-4-2-3-11(14)8-5-9(12)7-10(13)6-8/h2-7H,1H3. The Hall–Kier alpha value is -1.64. The molecule has 0 saturated carbocycles. The Morgan fingerprint density at radius 2 is 1.71 bits per heavy atom. The van der Waals surface area contributed by atoms with Gasteiger partial charge in [-0.1, -0.05) is 0 Å². The zero-order chi connectivity index (χ0) is 10.1. The van der Waals surface area contributed by atoms with Crippen molar-refractivity contribution in [2.24, 2.45) is 7.05 Å². The molecule has 1 nitrogen and oxygen atoms in total. The second-order valence-corrected chi connectivity index (χ2v) is 3.16. The largest absolute Gasteiger partial charge is 0.351 e. The van der Waals surface area contributed by atoms with Crippen molar-refractivity contribution in [3.63, 3.8) is 0 Å². The fourth-order valence-corrected chi connectivity index (χ4v) is 1.46. The molecule has 0 amide bonds. The van der Waals surface area contributed by atoms with Crippen LogP contribution in [0.1, 0.15) is 0 Å². The van der Waals surface area contributed by atoms with E-state index < -0.39 is 11.6 Å². The molecule has 0 aliphatic carbocycles. The van der Waals surface area contributed by atoms with E-state index in [1.165, 1.54) is 12.1 Å². The summed E-state index contributed by atoms with van der Waals surface area (Å²) in [6.07, 6.45) is 1.83. The molecule has 0 aliphatic rings. The molecule has 3 heteroatoms. The molecular formula is C11H9F2N. The Balaban J connectivity index is 2.57. The number of aromatic nitrogens is 1. The molecule has 0 bridgehead atoms. The number of rotatable bonds is 1. The Morgan fingerprint density at radius 1 is 1.07 bits per heavy atom. The van der Waals surface area contributed by atoms with E-state index >= 15 is 0 Å². The van der Waals surface area contributed by atoms with Crippen LogP contribution in [0.15, 0.2) is 36.5 Å². The van der Waals surface area contributed by atoms with Crippen LogP contribution in [0.2, 0.25) is 0 Å². The van der Waals surface area contributed by atoms with E-state index in [-0.39, 0.29) is 0 Å². The van der Waals surface area contributed by atoms with Crippen LogP contribution in [-0.4, -0.2) is 4.57 Å². The molecule has 1 heterocycles. The highest BCUT2D eigenvalue weighted by atomic mass is 19.1. The van der Waals surface area contributed by atoms with Crippen LogP contribution in [0.4, 0.5) is 8.78 Å². The van der Waals surface area contributed by atoms with Crippen LogP contribution in [0.5, 0.6) is 0 Å². The maximum Gasteiger partial charge on any atom is 0.126 e. The summed E-state index contributed by atoms with van der Waals surface area (Å²) in [5.41, 5.74) is 1.35. The van der Waals surface area contributed by atoms with Crippen molar-refractivity contribution < 1.29 is 8.78 Å². The minimum absolute atomic E-state index is 0.551. The Labute approximate surface area is 80.6 Å². The summed E-state index contributed by atoms with van der Waals surface area (Å²) in [6, 6.07) is 7.15. The van der Waals surface area contributed by atoms with E-state index in [0.717, 1.165) is 11.8 Å². The summed E-state index contributed by atoms with van der Waals surface area (Å²) < 4.78 is 27.6. The lowest BCUT2D eigenvalue weighted by molar-refractivity contribution is 0.584. The van der Waals surface area contributed by atoms with E-state index in [2.05, 4.69) is 0 Å². The summed E-state index contributed by atoms with van der Waals surface area (Å²) in [4.78, 5) is 0. The van der Waals surface area contributed by atoms with Crippen molar-refractivity contribution in [2.75, 3.05) is 0 Å². The van der Waals surface area contributed by atoms with Gasteiger partial charge in [-0.15, -0.1) is 0 Å². The second-order valence-electron chi connectivity index (χ2n) is 3.16. The minimum Gasteiger partial charge on any atom is -0.351 e. The zero-order valence-corrected chi connectivity index (χ0v) is 7.67. The molecule has 0 fully saturated rings. The van der Waals surface area contributed by atoms with Crippen molar-refractivity contribution >= 4 is 0 Å². The Bertz CT molecular complexity index is 440. The molecule has 0 spiro atoms. The molecule has 72 valence electrons. The molecule has 0 saturated heterocycles. The Morgan fingerprint density at radius 3 is 2.21 bits per heavy atom. The first-order valence-electron chi connectivity index (χ1n) is 4.24. The second kappa shape index (κ2) is 3.25. The van der Waals surface area contributed by atoms with Gasteiger partial charge in [-0.2, -0.15) is 0 Å². The maximum absolute atomic E-state index is 12.9. The van der Waals surface area contributed by atoms with Crippen LogP contribution < -0.4 is 0 Å². The topological polar surface area (TPSA) is 4.93 Å². The normalized spacial score (nSPS) is 10.5. The van der Waals surface area contributed by atoms with E-state index in [4.69, 9.17) is 0 Å². The van der Waals surface area contributed by atoms with Crippen molar-refractivity contribution in [3.05, 3.63) is 48.2 Å². The molecule has 1 aromatic heterocycles. The third-order valence-electron chi connectivity index (χ3n) is 2.10. The number of hydrogen-bond acceptors (Lipinski definition) is 0. The van der Waals surface area contributed by atoms with E-state index in [1.807, 2.05) is 29.9 Å². The predicted octanol–water partition coefficient (Wildman–Crippen LogP) is 2.97. The summed E-state index contributed by atoms with van der Waals surface area (Å²) in [6.45, 7) is 0. The lowest BCUT2D eigenvalue weighted by Crippen LogP contribution is -1.91. The summed E-state index contributed by atoms with van der Waals surface area (Å²) >= 11 is 0. The SMILES string of the molecule is Cn1cccc1-c1cc(F)cc(F)c1. The first kappa shape index (κ1) is 8.94. The third kappa shape index (κ3) is 1.53. The molecule has 0 N–H and O–H groups in total. The Kier molecular flexibility index (Phi) is 2.08. The highest BCUT2D eigenvalue weighted by Crippen LogP contribution is 2.21. The third-order valence-corrected chi connectivity index (χ3v) is 2.10. The van der Waals surface area contributed by atoms with Crippen molar-refractivity contribution in [1.82, 2.24) is 4.57 Å². The number of nitrogens with zero attached hydrogens (tertiary/aromatic N) is 1. The first-order valence-corrected chi connectivity index (χ1v) is 4.24. The molecule has 2 rings (SSSR count). The van der Waals surface area contributed by atoms with Gasteiger partial charge in [-0.25, -0.2) is 8.78 Å². The van der Waals surface area contributed by atoms with Gasteiger partial charge in [0, 0.05) is 30.6 Å². The molecule has 0 unspecified atom stereocenters. The molecule has 2 aromatic rings. The minimum atomic E-state index is -0.554. The number of hydrogen-bond donors (Lipinski definition) is 0. The van der Waals surface area contributed by atoms with Gasteiger partial charge in [0.05, 0.1) is 0 Å². The number of aryl methyl sites for hydroxylation is 1. The van der Waals surface area contributed by atoms with Crippen molar-refractivity contribution in [2.45, 2.75) is 0 Å². The molecular weight excluding hydrogens is 184 g/mol. The van der Waals surface area contributed by atoms with Gasteiger partial charge >= 0.3 is 0 Å². The summed E-state index contributed by atoms with van der Waals surface area (Å²) in [5.74, 6) is -1.11. The molecule has 0 atom stereocenters. The first-order chi connectivity index (χ1) is 6.66. The highest BCUT2D eigenvalue weighted by Gasteiger charge is 2.04. The van der Waals surface area contributed by atoms with Crippen LogP contribution >= 0.6 is 0 Å². The van der Waals surface area contributed by atoms with E-state index in [9.17, 15) is 8.78 Å². The van der Waals surface area contributed by atoms with Gasteiger partial charge in [0.25, 0.3) is 0 Å². The highest BCUT2D eigenvalue weighted by molar-refractivity contribution is 5.60. The van der Waals surface area contributed by atoms with Gasteiger partial charge in [-0.3, -0.25) is 0 Å². The lowest BCUT2D eigenvalue weighted by atomic mass is 10.1. The van der Waals surface area contributed by atoms with Gasteiger partial charge < -0.3 is 4.57 Å². The fourth-order valence-electron chi connectivity index (χ4n) is 1.46. The zero-order valence-electron chi connectivity index (χ0n) is 7.67. The molecule has 14 heavy (non-hydrogen) atoms. The van der Waals surface area contributed by atoms with E-state index in [1.54, 1.807) is 0 Å². The molecule has 1 aromatic carbocycles. The van der Waals surface area contributed by atoms with Gasteiger partial charge in [0.2, 0.25) is 0 Å². The smallest absolute Gasteiger partial charge is 0.126 e. The molecule has 0 aliphatic heterocycles. The monoisotopic (exact) mass is 193 g/mol. The maximum atomic E-state index is 12.9. The average Bonchev–Trinajstić information content (AvgIpc) is 2.49. The van der Waals surface area contributed by atoms with Crippen LogP contribution in [0, 0.1) is 11.6 Å². The lowest BCUT2D eigenvalue weighted by Gasteiger charge is -2.03. The van der Waals surface area contributed by atoms with Crippen LogP contribution in [0.3, 0.4) is 0 Å². The average molecular weight is 193 g/mol. The summed E-state index contributed by atoms with van der Waals surface area (Å²) in [7, 11) is 1.83. The van der Waals surface area contributed by atoms with Crippen molar-refractivity contribution in [1.29, 1.82) is 0 Å².